The number of benzene rings is 2. The molecule has 0 unspecified atom stereocenters. The lowest BCUT2D eigenvalue weighted by molar-refractivity contribution is -0.133. The Balaban J connectivity index is 1.51. The van der Waals surface area contributed by atoms with Crippen LogP contribution in [0.4, 0.5) is 10.5 Å². The average molecular weight is 494 g/mol. The second-order valence-electron chi connectivity index (χ2n) is 8.83. The van der Waals surface area contributed by atoms with E-state index in [1.165, 1.54) is 4.90 Å². The number of carbonyl (C=O) groups is 2. The number of aryl methyl sites for hydroxylation is 1. The van der Waals surface area contributed by atoms with Gasteiger partial charge in [-0.1, -0.05) is 12.1 Å². The van der Waals surface area contributed by atoms with Gasteiger partial charge < -0.3 is 33.7 Å². The van der Waals surface area contributed by atoms with Crippen molar-refractivity contribution in [2.45, 2.75) is 39.9 Å². The monoisotopic (exact) mass is 493 g/mol. The van der Waals surface area contributed by atoms with E-state index in [9.17, 15) is 9.59 Å². The molecule has 0 saturated carbocycles. The van der Waals surface area contributed by atoms with Gasteiger partial charge in [0.25, 0.3) is 0 Å². The first-order chi connectivity index (χ1) is 17.3. The van der Waals surface area contributed by atoms with Crippen LogP contribution in [0.2, 0.25) is 0 Å². The van der Waals surface area contributed by atoms with Crippen LogP contribution in [0.5, 0.6) is 17.2 Å². The van der Waals surface area contributed by atoms with Gasteiger partial charge >= 0.3 is 6.03 Å². The number of amides is 3. The lowest BCUT2D eigenvalue weighted by Gasteiger charge is -2.30. The zero-order valence-electron chi connectivity index (χ0n) is 20.9. The first-order valence-corrected chi connectivity index (χ1v) is 11.8. The second kappa shape index (κ2) is 11.1. The SMILES string of the molecule is COc1cccc(NC(=O)N(CC(=O)N(Cc2ccc3c(c2)OCO3)Cc2ccc(C)o2)C(C)C)c1. The molecule has 0 radical (unpaired) electrons. The maximum absolute atomic E-state index is 13.6. The Labute approximate surface area is 210 Å². The predicted octanol–water partition coefficient (Wildman–Crippen LogP) is 4.80. The second-order valence-corrected chi connectivity index (χ2v) is 8.83. The summed E-state index contributed by atoms with van der Waals surface area (Å²) in [6, 6.07) is 15.8. The maximum Gasteiger partial charge on any atom is 0.322 e. The average Bonchev–Trinajstić information content (AvgIpc) is 3.49. The van der Waals surface area contributed by atoms with Gasteiger partial charge in [0.05, 0.1) is 13.7 Å². The van der Waals surface area contributed by atoms with Gasteiger partial charge in [0.2, 0.25) is 12.7 Å². The number of carbonyl (C=O) groups excluding carboxylic acids is 2. The molecule has 9 nitrogen and oxygen atoms in total. The number of hydrogen-bond acceptors (Lipinski definition) is 6. The van der Waals surface area contributed by atoms with Crippen molar-refractivity contribution >= 4 is 17.6 Å². The minimum absolute atomic E-state index is 0.0995. The van der Waals surface area contributed by atoms with E-state index in [0.29, 0.717) is 35.2 Å². The van der Waals surface area contributed by atoms with Crippen LogP contribution in [-0.2, 0) is 17.9 Å². The van der Waals surface area contributed by atoms with Gasteiger partial charge in [-0.25, -0.2) is 4.79 Å². The summed E-state index contributed by atoms with van der Waals surface area (Å²) in [7, 11) is 1.56. The Morgan fingerprint density at radius 2 is 1.83 bits per heavy atom. The van der Waals surface area contributed by atoms with Gasteiger partial charge in [0.15, 0.2) is 11.5 Å². The Kier molecular flexibility index (Phi) is 7.68. The van der Waals surface area contributed by atoms with Crippen molar-refractivity contribution in [3.63, 3.8) is 0 Å². The molecule has 0 atom stereocenters. The number of nitrogens with one attached hydrogen (secondary N) is 1. The number of methoxy groups -OCH3 is 1. The van der Waals surface area contributed by atoms with Crippen molar-refractivity contribution in [1.29, 1.82) is 0 Å². The Morgan fingerprint density at radius 3 is 2.56 bits per heavy atom. The summed E-state index contributed by atoms with van der Waals surface area (Å²) >= 11 is 0. The molecule has 0 aliphatic carbocycles. The van der Waals surface area contributed by atoms with E-state index in [1.807, 2.05) is 51.1 Å². The lowest BCUT2D eigenvalue weighted by Crippen LogP contribution is -2.47. The van der Waals surface area contributed by atoms with E-state index in [4.69, 9.17) is 18.6 Å². The van der Waals surface area contributed by atoms with Crippen LogP contribution in [-0.4, -0.2) is 48.2 Å². The van der Waals surface area contributed by atoms with Crippen molar-refractivity contribution in [2.24, 2.45) is 0 Å². The van der Waals surface area contributed by atoms with Crippen molar-refractivity contribution in [3.05, 3.63) is 71.7 Å². The summed E-state index contributed by atoms with van der Waals surface area (Å²) in [6.07, 6.45) is 0. The predicted molar refractivity (Wildman–Crippen MR) is 134 cm³/mol. The fourth-order valence-corrected chi connectivity index (χ4v) is 3.88. The molecule has 0 spiro atoms. The van der Waals surface area contributed by atoms with Gasteiger partial charge in [-0.15, -0.1) is 0 Å². The summed E-state index contributed by atoms with van der Waals surface area (Å²) in [4.78, 5) is 29.8. The van der Waals surface area contributed by atoms with Gasteiger partial charge in [0, 0.05) is 24.3 Å². The molecular formula is C27H31N3O6. The molecule has 190 valence electrons. The smallest absolute Gasteiger partial charge is 0.322 e. The van der Waals surface area contributed by atoms with Crippen molar-refractivity contribution in [1.82, 2.24) is 9.80 Å². The molecule has 3 amide bonds. The Morgan fingerprint density at radius 1 is 1.03 bits per heavy atom. The van der Waals surface area contributed by atoms with Crippen LogP contribution in [0.15, 0.2) is 59.0 Å². The van der Waals surface area contributed by atoms with E-state index < -0.39 is 0 Å². The Bertz CT molecular complexity index is 1220. The number of ether oxygens (including phenoxy) is 3. The minimum atomic E-state index is -0.372. The van der Waals surface area contributed by atoms with Crippen LogP contribution in [0.1, 0.15) is 30.9 Å². The molecule has 1 aliphatic rings. The standard InChI is InChI=1S/C27H31N3O6/c1-18(2)30(27(32)28-21-6-5-7-22(13-21)33-4)16-26(31)29(15-23-10-8-19(3)36-23)14-20-9-11-24-25(12-20)35-17-34-24/h5-13,18H,14-17H2,1-4H3,(H,28,32). The highest BCUT2D eigenvalue weighted by Crippen LogP contribution is 2.33. The van der Waals surface area contributed by atoms with E-state index in [0.717, 1.165) is 11.3 Å². The molecule has 36 heavy (non-hydrogen) atoms. The zero-order chi connectivity index (χ0) is 25.7. The Hall–Kier alpha value is -4.14. The van der Waals surface area contributed by atoms with Crippen LogP contribution in [0, 0.1) is 6.92 Å². The first kappa shape index (κ1) is 25.0. The van der Waals surface area contributed by atoms with Gasteiger partial charge in [-0.2, -0.15) is 0 Å². The van der Waals surface area contributed by atoms with E-state index >= 15 is 0 Å². The molecular weight excluding hydrogens is 462 g/mol. The summed E-state index contributed by atoms with van der Waals surface area (Å²) in [5, 5.41) is 2.86. The third-order valence-electron chi connectivity index (χ3n) is 5.82. The van der Waals surface area contributed by atoms with Gasteiger partial charge in [-0.3, -0.25) is 4.79 Å². The normalized spacial score (nSPS) is 11.9. The van der Waals surface area contributed by atoms with E-state index in [-0.39, 0.29) is 37.9 Å². The summed E-state index contributed by atoms with van der Waals surface area (Å²) in [5.41, 5.74) is 1.47. The molecule has 0 fully saturated rings. The fourth-order valence-electron chi connectivity index (χ4n) is 3.88. The van der Waals surface area contributed by atoms with Crippen molar-refractivity contribution < 1.29 is 28.2 Å². The molecule has 9 heteroatoms. The number of hydrogen-bond donors (Lipinski definition) is 1. The largest absolute Gasteiger partial charge is 0.497 e. The van der Waals surface area contributed by atoms with Crippen LogP contribution in [0.25, 0.3) is 0 Å². The molecule has 0 bridgehead atoms. The quantitative estimate of drug-likeness (QED) is 0.460. The minimum Gasteiger partial charge on any atom is -0.497 e. The maximum atomic E-state index is 13.6. The fraction of sp³-hybridized carbons (Fsp3) is 0.333. The summed E-state index contributed by atoms with van der Waals surface area (Å²) in [5.74, 6) is 3.18. The number of furan rings is 1. The third-order valence-corrected chi connectivity index (χ3v) is 5.82. The van der Waals surface area contributed by atoms with Crippen LogP contribution < -0.4 is 19.5 Å². The lowest BCUT2D eigenvalue weighted by atomic mass is 10.1. The van der Waals surface area contributed by atoms with Gasteiger partial charge in [-0.05, 0) is 62.7 Å². The topological polar surface area (TPSA) is 93.5 Å². The molecule has 4 rings (SSSR count). The summed E-state index contributed by atoms with van der Waals surface area (Å²) in [6.45, 7) is 6.27. The molecule has 2 aromatic carbocycles. The molecule has 1 aliphatic heterocycles. The highest BCUT2D eigenvalue weighted by atomic mass is 16.7. The summed E-state index contributed by atoms with van der Waals surface area (Å²) < 4.78 is 21.9. The highest BCUT2D eigenvalue weighted by molar-refractivity contribution is 5.92. The molecule has 1 aromatic heterocycles. The van der Waals surface area contributed by atoms with Gasteiger partial charge in [0.1, 0.15) is 23.8 Å². The molecule has 3 aromatic rings. The van der Waals surface area contributed by atoms with Crippen molar-refractivity contribution in [3.8, 4) is 17.2 Å². The molecule has 0 saturated heterocycles. The number of fused-ring (bicyclic) bond motifs is 1. The van der Waals surface area contributed by atoms with Crippen LogP contribution >= 0.6 is 0 Å². The highest BCUT2D eigenvalue weighted by Gasteiger charge is 2.25. The first-order valence-electron chi connectivity index (χ1n) is 11.8. The third kappa shape index (κ3) is 6.10. The van der Waals surface area contributed by atoms with E-state index in [2.05, 4.69) is 5.32 Å². The molecule has 1 N–H and O–H groups in total. The number of nitrogens with zero attached hydrogens (tertiary/aromatic N) is 2. The van der Waals surface area contributed by atoms with E-state index in [1.54, 1.807) is 36.3 Å². The number of rotatable bonds is 9. The van der Waals surface area contributed by atoms with Crippen molar-refractivity contribution in [2.75, 3.05) is 25.8 Å². The molecule has 2 heterocycles. The van der Waals surface area contributed by atoms with Crippen LogP contribution in [0.3, 0.4) is 0 Å². The zero-order valence-corrected chi connectivity index (χ0v) is 20.9. The number of anilines is 1. The number of urea groups is 1.